The fraction of sp³-hybridized carbons (Fsp3) is 0.304. The van der Waals surface area contributed by atoms with Crippen molar-refractivity contribution in [3.05, 3.63) is 79.4 Å². The third-order valence-corrected chi connectivity index (χ3v) is 5.03. The second kappa shape index (κ2) is 18.5. The van der Waals surface area contributed by atoms with E-state index in [4.69, 9.17) is 27.9 Å². The number of benzene rings is 1. The van der Waals surface area contributed by atoms with Gasteiger partial charge in [-0.1, -0.05) is 57.6 Å². The summed E-state index contributed by atoms with van der Waals surface area (Å²) in [6.45, 7) is 4.62. The van der Waals surface area contributed by atoms with Crippen LogP contribution in [0.15, 0.2) is 48.8 Å². The molecule has 0 radical (unpaired) electrons. The normalized spacial score (nSPS) is 8.71. The summed E-state index contributed by atoms with van der Waals surface area (Å²) >= 11 is 13.7. The Kier molecular flexibility index (Phi) is 21.3. The van der Waals surface area contributed by atoms with Gasteiger partial charge in [0, 0.05) is 16.3 Å². The smallest absolute Gasteiger partial charge is 1.00 e. The summed E-state index contributed by atoms with van der Waals surface area (Å²) in [4.78, 5) is 8.04. The van der Waals surface area contributed by atoms with E-state index in [0.717, 1.165) is 32.7 Å². The number of ether oxygens (including phenoxy) is 1. The van der Waals surface area contributed by atoms with Gasteiger partial charge in [-0.3, -0.25) is 0 Å². The van der Waals surface area contributed by atoms with Crippen LogP contribution in [0, 0.1) is 17.4 Å². The molecule has 0 bridgehead atoms. The molecule has 2 heterocycles. The Morgan fingerprint density at radius 3 is 1.90 bits per heavy atom. The molecule has 3 rings (SSSR count). The maximum atomic E-state index is 5.88. The Hall–Kier alpha value is 0.0664. The van der Waals surface area contributed by atoms with E-state index in [-0.39, 0.29) is 75.1 Å². The third-order valence-electron chi connectivity index (χ3n) is 3.65. The van der Waals surface area contributed by atoms with Crippen molar-refractivity contribution in [2.24, 2.45) is 0 Å². The van der Waals surface area contributed by atoms with Crippen LogP contribution >= 0.6 is 45.8 Å². The van der Waals surface area contributed by atoms with Crippen molar-refractivity contribution in [3.63, 3.8) is 0 Å². The van der Waals surface area contributed by atoms with E-state index in [9.17, 15) is 0 Å². The van der Waals surface area contributed by atoms with Crippen molar-refractivity contribution in [1.82, 2.24) is 9.97 Å². The Labute approximate surface area is 256 Å². The Bertz CT molecular complexity index is 903. The molecule has 1 aromatic carbocycles. The Morgan fingerprint density at radius 2 is 1.45 bits per heavy atom. The van der Waals surface area contributed by atoms with Gasteiger partial charge in [0.1, 0.15) is 16.1 Å². The van der Waals surface area contributed by atoms with E-state index in [2.05, 4.69) is 37.9 Å². The molecule has 0 amide bonds. The summed E-state index contributed by atoms with van der Waals surface area (Å²) in [7, 11) is 1.66. The van der Waals surface area contributed by atoms with E-state index >= 15 is 0 Å². The second-order valence-corrected chi connectivity index (χ2v) is 7.76. The monoisotopic (exact) mass is 603 g/mol. The zero-order chi connectivity index (χ0) is 19.8. The number of halogens is 3. The molecular formula is C23H33Cl2IKN3O. The number of nitrogens with zero attached hydrogens (tertiary/aromatic N) is 2. The first-order valence-electron chi connectivity index (χ1n) is 8.15. The number of hydrogen-bond acceptors (Lipinski definition) is 4. The van der Waals surface area contributed by atoms with Crippen LogP contribution in [0.25, 0.3) is 0 Å². The van der Waals surface area contributed by atoms with Gasteiger partial charge in [-0.25, -0.2) is 9.97 Å². The first-order chi connectivity index (χ1) is 12.9. The molecule has 0 saturated carbocycles. The molecule has 1 N–H and O–H groups in total. The fourth-order valence-electron chi connectivity index (χ4n) is 2.13. The summed E-state index contributed by atoms with van der Waals surface area (Å²) in [5.41, 5.74) is 4.15. The zero-order valence-electron chi connectivity index (χ0n) is 17.3. The summed E-state index contributed by atoms with van der Waals surface area (Å²) in [5, 5.41) is 4.44. The van der Waals surface area contributed by atoms with Gasteiger partial charge in [0.15, 0.2) is 0 Å². The van der Waals surface area contributed by atoms with Crippen molar-refractivity contribution in [2.75, 3.05) is 12.4 Å². The zero-order valence-corrected chi connectivity index (χ0v) is 23.1. The number of rotatable bonds is 4. The molecule has 4 nitrogen and oxygen atoms in total. The Morgan fingerprint density at radius 1 is 0.935 bits per heavy atom. The van der Waals surface area contributed by atoms with Crippen LogP contribution in [0.3, 0.4) is 0 Å². The number of pyridine rings is 2. The van der Waals surface area contributed by atoms with Gasteiger partial charge in [0.2, 0.25) is 0 Å². The van der Waals surface area contributed by atoms with Gasteiger partial charge >= 0.3 is 51.4 Å². The van der Waals surface area contributed by atoms with E-state index in [0.29, 0.717) is 10.3 Å². The van der Waals surface area contributed by atoms with Gasteiger partial charge in [0.25, 0.3) is 0 Å². The minimum atomic E-state index is 0. The van der Waals surface area contributed by atoms with Crippen LogP contribution in [-0.2, 0) is 6.54 Å². The topological polar surface area (TPSA) is 47.0 Å². The number of anilines is 1. The molecule has 0 atom stereocenters. The molecule has 0 unspecified atom stereocenters. The van der Waals surface area contributed by atoms with Crippen molar-refractivity contribution < 1.29 is 57.5 Å². The van der Waals surface area contributed by atoms with Crippen LogP contribution in [0.5, 0.6) is 5.75 Å². The minimum absolute atomic E-state index is 0. The van der Waals surface area contributed by atoms with Gasteiger partial charge in [-0.2, -0.15) is 0 Å². The maximum Gasteiger partial charge on any atom is 1.00 e. The molecule has 0 aliphatic carbocycles. The largest absolute Gasteiger partial charge is 1.00 e. The van der Waals surface area contributed by atoms with E-state index in [1.165, 1.54) is 5.56 Å². The second-order valence-electron chi connectivity index (χ2n) is 5.79. The Balaban J connectivity index is -0.000000245. The van der Waals surface area contributed by atoms with Crippen molar-refractivity contribution in [1.29, 1.82) is 0 Å². The molecule has 3 aromatic rings. The van der Waals surface area contributed by atoms with Crippen LogP contribution in [0.4, 0.5) is 5.69 Å². The number of aromatic nitrogens is 2. The summed E-state index contributed by atoms with van der Waals surface area (Å²) in [5.74, 6) is 0.864. The number of hydrogen-bond donors (Lipinski definition) is 1. The maximum absolute atomic E-state index is 5.88. The quantitative estimate of drug-likeness (QED) is 0.249. The number of nitrogens with one attached hydrogen (secondary N) is 1. The predicted molar refractivity (Wildman–Crippen MR) is 142 cm³/mol. The van der Waals surface area contributed by atoms with Crippen LogP contribution in [0.2, 0.25) is 10.3 Å². The molecule has 0 spiro atoms. The molecular weight excluding hydrogens is 571 g/mol. The molecule has 2 aromatic heterocycles. The summed E-state index contributed by atoms with van der Waals surface area (Å²) < 4.78 is 6.24. The van der Waals surface area contributed by atoms with Crippen molar-refractivity contribution in [3.8, 4) is 5.75 Å². The van der Waals surface area contributed by atoms with Crippen LogP contribution in [-0.4, -0.2) is 17.1 Å². The molecule has 0 aliphatic heterocycles. The van der Waals surface area contributed by atoms with Gasteiger partial charge in [-0.15, -0.1) is 0 Å². The predicted octanol–water partition coefficient (Wildman–Crippen LogP) is 5.34. The molecule has 168 valence electrons. The van der Waals surface area contributed by atoms with Crippen molar-refractivity contribution in [2.45, 2.75) is 42.7 Å². The molecule has 0 fully saturated rings. The van der Waals surface area contributed by atoms with Gasteiger partial charge in [-0.05, 0) is 77.4 Å². The third kappa shape index (κ3) is 12.8. The van der Waals surface area contributed by atoms with Gasteiger partial charge in [0.05, 0.1) is 19.0 Å². The fourth-order valence-corrected chi connectivity index (χ4v) is 2.94. The van der Waals surface area contributed by atoms with Gasteiger partial charge < -0.3 is 11.5 Å². The molecule has 0 aliphatic rings. The van der Waals surface area contributed by atoms with Crippen LogP contribution in [0.1, 0.15) is 40.4 Å². The van der Waals surface area contributed by atoms with E-state index < -0.39 is 0 Å². The molecule has 0 saturated heterocycles. The number of methoxy groups -OCH3 is 1. The first-order valence-corrected chi connectivity index (χ1v) is 9.99. The molecule has 31 heavy (non-hydrogen) atoms. The summed E-state index contributed by atoms with van der Waals surface area (Å²) in [6, 6.07) is 11.9. The van der Waals surface area contributed by atoms with E-state index in [1.54, 1.807) is 19.5 Å². The minimum Gasteiger partial charge on any atom is -1.00 e. The summed E-state index contributed by atoms with van der Waals surface area (Å²) in [6.07, 6.45) is 3.48. The molecule has 8 heteroatoms. The first kappa shape index (κ1) is 35.7. The SMILES string of the molecule is C.C.C.COc1ccc(CNc2cnc(Cl)c(C)c2)cc1.Cc1cc(I)cnc1Cl.[H-].[K+]. The van der Waals surface area contributed by atoms with Crippen molar-refractivity contribution >= 4 is 51.5 Å². The van der Waals surface area contributed by atoms with E-state index in [1.807, 2.05) is 50.2 Å². The average Bonchev–Trinajstić information content (AvgIpc) is 2.67. The average molecular weight is 604 g/mol. The van der Waals surface area contributed by atoms with Crippen LogP contribution < -0.4 is 61.4 Å². The number of aryl methyl sites for hydroxylation is 2. The standard InChI is InChI=1S/C14H15ClN2O.C6H5ClIN.3CH4.K.H/c1-10-7-12(9-17-14(10)15)16-8-11-3-5-13(18-2)6-4-11;1-4-2-5(8)3-9-6(4)7;;;;;/h3-7,9,16H,8H2,1-2H3;2-3H,1H3;3*1H4;;/q;;;;;+1;-1.